The van der Waals surface area contributed by atoms with E-state index in [2.05, 4.69) is 38.6 Å². The molecule has 0 bridgehead atoms. The molecule has 4 aromatic rings. The molecule has 3 N–H and O–H groups in total. The van der Waals surface area contributed by atoms with Crippen molar-refractivity contribution in [3.63, 3.8) is 0 Å². The number of nitrogens with two attached hydrogens (primary N) is 1. The van der Waals surface area contributed by atoms with Crippen molar-refractivity contribution in [2.75, 3.05) is 37.8 Å². The molecule has 5 rings (SSSR count). The summed E-state index contributed by atoms with van der Waals surface area (Å²) >= 11 is 0. The van der Waals surface area contributed by atoms with Crippen molar-refractivity contribution in [1.29, 1.82) is 0 Å². The van der Waals surface area contributed by atoms with Crippen molar-refractivity contribution >= 4 is 22.3 Å². The lowest BCUT2D eigenvalue weighted by molar-refractivity contribution is -0.00528. The number of hydrogen-bond acceptors (Lipinski definition) is 7. The molecule has 8 nitrogen and oxygen atoms in total. The fraction of sp³-hybridized carbons (Fsp3) is 0.321. The number of nitrogens with zero attached hydrogens (tertiary/aromatic N) is 4. The summed E-state index contributed by atoms with van der Waals surface area (Å²) in [5, 5.41) is 0.309. The Bertz CT molecular complexity index is 1560. The molecular weight excluding hydrogens is 490 g/mol. The van der Waals surface area contributed by atoms with Crippen LogP contribution >= 0.6 is 0 Å². The molecule has 0 amide bonds. The third-order valence-electron chi connectivity index (χ3n) is 6.60. The SMILES string of the molecule is C[C@@H]1CN(c2ccc(-c3nc(-c4ccc5c(=O)[nH]cc(F)c5c4)c(N)nc3F)cc2CN(C)C)C[C@H](C)O1. The minimum atomic E-state index is -0.799. The largest absolute Gasteiger partial charge is 0.382 e. The van der Waals surface area contributed by atoms with Gasteiger partial charge in [-0.05, 0) is 57.8 Å². The molecule has 1 aliphatic heterocycles. The maximum absolute atomic E-state index is 15.2. The number of rotatable bonds is 5. The number of H-pyrrole nitrogens is 1. The van der Waals surface area contributed by atoms with E-state index in [1.807, 2.05) is 32.3 Å². The van der Waals surface area contributed by atoms with E-state index >= 15 is 4.39 Å². The zero-order valence-corrected chi connectivity index (χ0v) is 21.8. The third-order valence-corrected chi connectivity index (χ3v) is 6.60. The summed E-state index contributed by atoms with van der Waals surface area (Å²) < 4.78 is 35.5. The van der Waals surface area contributed by atoms with Crippen molar-refractivity contribution in [3.8, 4) is 22.5 Å². The summed E-state index contributed by atoms with van der Waals surface area (Å²) in [5.74, 6) is -1.52. The first-order valence-corrected chi connectivity index (χ1v) is 12.4. The monoisotopic (exact) mass is 520 g/mol. The first-order chi connectivity index (χ1) is 18.1. The minimum absolute atomic E-state index is 0.0379. The second-order valence-corrected chi connectivity index (χ2v) is 10.1. The lowest BCUT2D eigenvalue weighted by atomic mass is 10.0. The molecule has 0 aliphatic carbocycles. The molecule has 38 heavy (non-hydrogen) atoms. The number of aromatic nitrogens is 3. The average molecular weight is 521 g/mol. The highest BCUT2D eigenvalue weighted by atomic mass is 19.1. The van der Waals surface area contributed by atoms with Gasteiger partial charge in [-0.2, -0.15) is 9.37 Å². The highest BCUT2D eigenvalue weighted by Gasteiger charge is 2.25. The number of fused-ring (bicyclic) bond motifs is 1. The molecule has 3 heterocycles. The van der Waals surface area contributed by atoms with Gasteiger partial charge < -0.3 is 25.3 Å². The molecule has 1 saturated heterocycles. The molecule has 1 aliphatic rings. The third kappa shape index (κ3) is 4.97. The summed E-state index contributed by atoms with van der Waals surface area (Å²) in [7, 11) is 3.96. The second kappa shape index (κ2) is 10.1. The molecule has 2 aromatic heterocycles. The summed E-state index contributed by atoms with van der Waals surface area (Å²) in [6, 6.07) is 10.3. The van der Waals surface area contributed by atoms with Crippen molar-refractivity contribution in [3.05, 3.63) is 70.3 Å². The lowest BCUT2D eigenvalue weighted by Gasteiger charge is -2.38. The van der Waals surface area contributed by atoms with Crippen molar-refractivity contribution < 1.29 is 13.5 Å². The number of halogens is 2. The first kappa shape index (κ1) is 25.7. The van der Waals surface area contributed by atoms with Crippen molar-refractivity contribution in [2.24, 2.45) is 0 Å². The van der Waals surface area contributed by atoms with Crippen LogP contribution in [0.15, 0.2) is 47.4 Å². The zero-order chi connectivity index (χ0) is 27.1. The molecule has 0 spiro atoms. The van der Waals surface area contributed by atoms with Gasteiger partial charge in [0.25, 0.3) is 5.56 Å². The van der Waals surface area contributed by atoms with Gasteiger partial charge in [-0.1, -0.05) is 12.1 Å². The summed E-state index contributed by atoms with van der Waals surface area (Å²) in [6.45, 7) is 6.26. The van der Waals surface area contributed by atoms with E-state index in [-0.39, 0.29) is 40.2 Å². The van der Waals surface area contributed by atoms with E-state index in [0.29, 0.717) is 17.7 Å². The van der Waals surface area contributed by atoms with Crippen molar-refractivity contribution in [1.82, 2.24) is 19.9 Å². The number of pyridine rings is 1. The van der Waals surface area contributed by atoms with Crippen LogP contribution in [0, 0.1) is 11.8 Å². The quantitative estimate of drug-likeness (QED) is 0.407. The lowest BCUT2D eigenvalue weighted by Crippen LogP contribution is -2.46. The molecule has 1 fully saturated rings. The Hall–Kier alpha value is -3.89. The van der Waals surface area contributed by atoms with Gasteiger partial charge in [-0.15, -0.1) is 0 Å². The fourth-order valence-electron chi connectivity index (χ4n) is 5.08. The Kier molecular flexibility index (Phi) is 6.85. The van der Waals surface area contributed by atoms with Gasteiger partial charge in [0.15, 0.2) is 5.82 Å². The molecule has 0 saturated carbocycles. The van der Waals surface area contributed by atoms with Crippen LogP contribution in [0.25, 0.3) is 33.3 Å². The molecular formula is C28H30F2N6O2. The van der Waals surface area contributed by atoms with Gasteiger partial charge >= 0.3 is 0 Å². The van der Waals surface area contributed by atoms with Gasteiger partial charge in [-0.3, -0.25) is 4.79 Å². The van der Waals surface area contributed by atoms with E-state index in [1.165, 1.54) is 12.1 Å². The van der Waals surface area contributed by atoms with E-state index in [9.17, 15) is 9.18 Å². The van der Waals surface area contributed by atoms with E-state index in [0.717, 1.165) is 30.5 Å². The summed E-state index contributed by atoms with van der Waals surface area (Å²) in [5.41, 5.74) is 8.94. The highest BCUT2D eigenvalue weighted by Crippen LogP contribution is 2.33. The van der Waals surface area contributed by atoms with Crippen LogP contribution in [-0.4, -0.2) is 59.2 Å². The summed E-state index contributed by atoms with van der Waals surface area (Å²) in [6.07, 6.45) is 1.19. The Morgan fingerprint density at radius 1 is 1.03 bits per heavy atom. The molecule has 2 atom stereocenters. The van der Waals surface area contributed by atoms with E-state index in [4.69, 9.17) is 10.5 Å². The number of morpholine rings is 1. The van der Waals surface area contributed by atoms with E-state index in [1.54, 1.807) is 6.07 Å². The summed E-state index contributed by atoms with van der Waals surface area (Å²) in [4.78, 5) is 27.2. The van der Waals surface area contributed by atoms with Crippen molar-refractivity contribution in [2.45, 2.75) is 32.6 Å². The van der Waals surface area contributed by atoms with Crippen LogP contribution in [0.1, 0.15) is 19.4 Å². The number of benzene rings is 2. The van der Waals surface area contributed by atoms with E-state index < -0.39 is 17.3 Å². The predicted molar refractivity (Wildman–Crippen MR) is 145 cm³/mol. The Balaban J connectivity index is 1.60. The average Bonchev–Trinajstić information content (AvgIpc) is 2.85. The molecule has 0 radical (unpaired) electrons. The maximum Gasteiger partial charge on any atom is 0.256 e. The van der Waals surface area contributed by atoms with Gasteiger partial charge in [0.1, 0.15) is 17.2 Å². The van der Waals surface area contributed by atoms with Gasteiger partial charge in [0.05, 0.1) is 12.2 Å². The zero-order valence-electron chi connectivity index (χ0n) is 21.8. The first-order valence-electron chi connectivity index (χ1n) is 12.4. The van der Waals surface area contributed by atoms with Gasteiger partial charge in [-0.25, -0.2) is 9.37 Å². The van der Waals surface area contributed by atoms with Crippen LogP contribution in [0.4, 0.5) is 20.3 Å². The maximum atomic E-state index is 15.2. The number of ether oxygens (including phenoxy) is 1. The van der Waals surface area contributed by atoms with Gasteiger partial charge in [0.2, 0.25) is 5.95 Å². The smallest absolute Gasteiger partial charge is 0.256 e. The number of nitrogens with one attached hydrogen (secondary N) is 1. The molecule has 10 heteroatoms. The predicted octanol–water partition coefficient (Wildman–Crippen LogP) is 4.19. The highest BCUT2D eigenvalue weighted by molar-refractivity contribution is 5.88. The normalized spacial score (nSPS) is 17.9. The molecule has 2 aromatic carbocycles. The Morgan fingerprint density at radius 2 is 1.71 bits per heavy atom. The number of anilines is 2. The number of hydrogen-bond donors (Lipinski definition) is 2. The number of nitrogen functional groups attached to an aromatic ring is 1. The number of aromatic amines is 1. The van der Waals surface area contributed by atoms with Crippen LogP contribution in [0.3, 0.4) is 0 Å². The standard InChI is InChI=1S/C28H30F2N6O2/c1-15-12-36(13-16(2)38-15)23-8-6-17(9-19(23)14-35(3)4)24-26(30)34-27(31)25(33-24)18-5-7-20-21(10-18)22(29)11-32-28(20)37/h5-11,15-16H,12-14H2,1-4H3,(H2,31,34)(H,32,37)/t15-,16+. The molecule has 0 unspecified atom stereocenters. The molecule has 198 valence electrons. The van der Waals surface area contributed by atoms with Crippen LogP contribution in [0.2, 0.25) is 0 Å². The van der Waals surface area contributed by atoms with Crippen LogP contribution in [0.5, 0.6) is 0 Å². The minimum Gasteiger partial charge on any atom is -0.382 e. The van der Waals surface area contributed by atoms with Gasteiger partial charge in [0, 0.05) is 53.4 Å². The topological polar surface area (TPSA) is 100 Å². The fourth-order valence-corrected chi connectivity index (χ4v) is 5.08. The Labute approximate surface area is 219 Å². The van der Waals surface area contributed by atoms with Crippen LogP contribution < -0.4 is 16.2 Å². The van der Waals surface area contributed by atoms with Crippen LogP contribution in [-0.2, 0) is 11.3 Å². The Morgan fingerprint density at radius 3 is 2.42 bits per heavy atom. The second-order valence-electron chi connectivity index (χ2n) is 10.1.